The van der Waals surface area contributed by atoms with E-state index in [0.29, 0.717) is 16.7 Å². The lowest BCUT2D eigenvalue weighted by Gasteiger charge is -2.15. The van der Waals surface area contributed by atoms with E-state index in [1.807, 2.05) is 7.05 Å². The second kappa shape index (κ2) is 3.81. The van der Waals surface area contributed by atoms with Gasteiger partial charge in [0.1, 0.15) is 5.69 Å². The number of amides is 1. The third-order valence-electron chi connectivity index (χ3n) is 2.87. The molecule has 1 fully saturated rings. The average Bonchev–Trinajstić information content (AvgIpc) is 2.71. The van der Waals surface area contributed by atoms with Crippen molar-refractivity contribution in [2.45, 2.75) is 13.3 Å². The van der Waals surface area contributed by atoms with Gasteiger partial charge in [0.2, 0.25) is 0 Å². The molecule has 15 heavy (non-hydrogen) atoms. The first-order chi connectivity index (χ1) is 7.08. The lowest BCUT2D eigenvalue weighted by Crippen LogP contribution is -2.29. The summed E-state index contributed by atoms with van der Waals surface area (Å²) in [6.45, 7) is 3.04. The molecule has 0 radical (unpaired) electrons. The van der Waals surface area contributed by atoms with Crippen molar-refractivity contribution < 1.29 is 4.79 Å². The van der Waals surface area contributed by atoms with E-state index >= 15 is 0 Å². The van der Waals surface area contributed by atoms with E-state index in [-0.39, 0.29) is 5.91 Å². The summed E-state index contributed by atoms with van der Waals surface area (Å²) in [4.78, 5) is 17.6. The molecule has 1 amide bonds. The SMILES string of the molecule is CC1CC1CN(C)C(=O)c1csc(N)n1. The fraction of sp³-hybridized carbons (Fsp3) is 0.600. The first kappa shape index (κ1) is 10.4. The van der Waals surface area contributed by atoms with E-state index < -0.39 is 0 Å². The minimum Gasteiger partial charge on any atom is -0.375 e. The predicted octanol–water partition coefficient (Wildman–Crippen LogP) is 1.45. The highest BCUT2D eigenvalue weighted by molar-refractivity contribution is 7.13. The number of anilines is 1. The Morgan fingerprint density at radius 3 is 2.93 bits per heavy atom. The average molecular weight is 225 g/mol. The molecule has 1 saturated carbocycles. The van der Waals surface area contributed by atoms with E-state index in [9.17, 15) is 4.79 Å². The molecule has 2 atom stereocenters. The second-order valence-electron chi connectivity index (χ2n) is 4.23. The molecule has 1 aliphatic carbocycles. The standard InChI is InChI=1S/C10H15N3OS/c1-6-3-7(6)4-13(2)9(14)8-5-15-10(11)12-8/h5-7H,3-4H2,1-2H3,(H2,11,12). The third kappa shape index (κ3) is 2.28. The van der Waals surface area contributed by atoms with Crippen LogP contribution in [0.5, 0.6) is 0 Å². The first-order valence-corrected chi connectivity index (χ1v) is 5.92. The summed E-state index contributed by atoms with van der Waals surface area (Å²) in [5, 5.41) is 2.16. The summed E-state index contributed by atoms with van der Waals surface area (Å²) >= 11 is 1.30. The van der Waals surface area contributed by atoms with Crippen molar-refractivity contribution in [3.63, 3.8) is 0 Å². The largest absolute Gasteiger partial charge is 0.375 e. The highest BCUT2D eigenvalue weighted by Gasteiger charge is 2.34. The summed E-state index contributed by atoms with van der Waals surface area (Å²) in [6.07, 6.45) is 1.23. The zero-order chi connectivity index (χ0) is 11.0. The van der Waals surface area contributed by atoms with Gasteiger partial charge < -0.3 is 10.6 Å². The van der Waals surface area contributed by atoms with E-state index in [4.69, 9.17) is 5.73 Å². The molecular formula is C10H15N3OS. The van der Waals surface area contributed by atoms with Crippen molar-refractivity contribution in [3.8, 4) is 0 Å². The fourth-order valence-corrected chi connectivity index (χ4v) is 2.21. The second-order valence-corrected chi connectivity index (χ2v) is 5.12. The molecule has 0 aromatic carbocycles. The number of aromatic nitrogens is 1. The number of hydrogen-bond donors (Lipinski definition) is 1. The number of carbonyl (C=O) groups is 1. The monoisotopic (exact) mass is 225 g/mol. The zero-order valence-corrected chi connectivity index (χ0v) is 9.75. The van der Waals surface area contributed by atoms with Crippen LogP contribution in [-0.2, 0) is 0 Å². The smallest absolute Gasteiger partial charge is 0.273 e. The van der Waals surface area contributed by atoms with Crippen LogP contribution in [0.4, 0.5) is 5.13 Å². The molecule has 0 saturated heterocycles. The van der Waals surface area contributed by atoms with Crippen LogP contribution >= 0.6 is 11.3 Å². The van der Waals surface area contributed by atoms with Gasteiger partial charge in [-0.2, -0.15) is 0 Å². The van der Waals surface area contributed by atoms with Gasteiger partial charge in [0.05, 0.1) is 0 Å². The maximum absolute atomic E-state index is 11.8. The Kier molecular flexibility index (Phi) is 2.65. The van der Waals surface area contributed by atoms with Crippen LogP contribution in [0.15, 0.2) is 5.38 Å². The van der Waals surface area contributed by atoms with Gasteiger partial charge in [0.15, 0.2) is 5.13 Å². The van der Waals surface area contributed by atoms with Gasteiger partial charge >= 0.3 is 0 Å². The van der Waals surface area contributed by atoms with Crippen molar-refractivity contribution in [1.29, 1.82) is 0 Å². The predicted molar refractivity (Wildman–Crippen MR) is 60.8 cm³/mol. The molecule has 0 spiro atoms. The quantitative estimate of drug-likeness (QED) is 0.847. The number of nitrogens with zero attached hydrogens (tertiary/aromatic N) is 2. The van der Waals surface area contributed by atoms with Crippen molar-refractivity contribution >= 4 is 22.4 Å². The van der Waals surface area contributed by atoms with Crippen LogP contribution in [-0.4, -0.2) is 29.4 Å². The topological polar surface area (TPSA) is 59.2 Å². The van der Waals surface area contributed by atoms with Crippen molar-refractivity contribution in [2.24, 2.45) is 11.8 Å². The van der Waals surface area contributed by atoms with Gasteiger partial charge in [-0.1, -0.05) is 6.92 Å². The first-order valence-electron chi connectivity index (χ1n) is 5.04. The molecule has 2 unspecified atom stereocenters. The zero-order valence-electron chi connectivity index (χ0n) is 8.93. The fourth-order valence-electron chi connectivity index (χ4n) is 1.67. The van der Waals surface area contributed by atoms with Gasteiger partial charge in [-0.3, -0.25) is 4.79 Å². The van der Waals surface area contributed by atoms with Crippen molar-refractivity contribution in [3.05, 3.63) is 11.1 Å². The molecule has 5 heteroatoms. The van der Waals surface area contributed by atoms with Crippen molar-refractivity contribution in [2.75, 3.05) is 19.3 Å². The van der Waals surface area contributed by atoms with E-state index in [0.717, 1.165) is 12.5 Å². The van der Waals surface area contributed by atoms with Gasteiger partial charge in [-0.25, -0.2) is 4.98 Å². The number of rotatable bonds is 3. The summed E-state index contributed by atoms with van der Waals surface area (Å²) in [7, 11) is 1.82. The Morgan fingerprint density at radius 2 is 2.47 bits per heavy atom. The molecular weight excluding hydrogens is 210 g/mol. The van der Waals surface area contributed by atoms with Crippen LogP contribution in [0.3, 0.4) is 0 Å². The lowest BCUT2D eigenvalue weighted by atomic mass is 10.3. The Labute approximate surface area is 93.1 Å². The molecule has 0 aliphatic heterocycles. The molecule has 2 N–H and O–H groups in total. The Bertz CT molecular complexity index is 376. The van der Waals surface area contributed by atoms with E-state index in [1.54, 1.807) is 10.3 Å². The summed E-state index contributed by atoms with van der Waals surface area (Å²) in [5.74, 6) is 1.41. The number of nitrogen functional groups attached to an aromatic ring is 1. The van der Waals surface area contributed by atoms with Crippen LogP contribution in [0.25, 0.3) is 0 Å². The third-order valence-corrected chi connectivity index (χ3v) is 3.55. The van der Waals surface area contributed by atoms with E-state index in [1.165, 1.54) is 17.8 Å². The number of hydrogen-bond acceptors (Lipinski definition) is 4. The number of thiazole rings is 1. The van der Waals surface area contributed by atoms with Gasteiger partial charge in [-0.15, -0.1) is 11.3 Å². The molecule has 4 nitrogen and oxygen atoms in total. The summed E-state index contributed by atoms with van der Waals surface area (Å²) in [5.41, 5.74) is 5.95. The Balaban J connectivity index is 1.95. The normalized spacial score (nSPS) is 23.9. The maximum atomic E-state index is 11.8. The van der Waals surface area contributed by atoms with E-state index in [2.05, 4.69) is 11.9 Å². The molecule has 2 rings (SSSR count). The highest BCUT2D eigenvalue weighted by atomic mass is 32.1. The summed E-state index contributed by atoms with van der Waals surface area (Å²) in [6, 6.07) is 0. The number of nitrogens with two attached hydrogens (primary N) is 1. The Hall–Kier alpha value is -1.10. The minimum absolute atomic E-state index is 0.0259. The highest BCUT2D eigenvalue weighted by Crippen LogP contribution is 2.38. The van der Waals surface area contributed by atoms with Crippen molar-refractivity contribution in [1.82, 2.24) is 9.88 Å². The van der Waals surface area contributed by atoms with Gasteiger partial charge in [-0.05, 0) is 18.3 Å². The molecule has 82 valence electrons. The molecule has 1 aliphatic rings. The Morgan fingerprint density at radius 1 is 1.80 bits per heavy atom. The van der Waals surface area contributed by atoms with Crippen LogP contribution in [0.1, 0.15) is 23.8 Å². The summed E-state index contributed by atoms with van der Waals surface area (Å²) < 4.78 is 0. The molecule has 1 heterocycles. The van der Waals surface area contributed by atoms with Crippen LogP contribution < -0.4 is 5.73 Å². The lowest BCUT2D eigenvalue weighted by molar-refractivity contribution is 0.0782. The van der Waals surface area contributed by atoms with Gasteiger partial charge in [0, 0.05) is 19.0 Å². The minimum atomic E-state index is -0.0259. The molecule has 0 bridgehead atoms. The maximum Gasteiger partial charge on any atom is 0.273 e. The van der Waals surface area contributed by atoms with Gasteiger partial charge in [0.25, 0.3) is 5.91 Å². The molecule has 1 aromatic heterocycles. The number of carbonyl (C=O) groups excluding carboxylic acids is 1. The van der Waals surface area contributed by atoms with Crippen LogP contribution in [0.2, 0.25) is 0 Å². The van der Waals surface area contributed by atoms with Crippen LogP contribution in [0, 0.1) is 11.8 Å². The molecule has 1 aromatic rings.